The van der Waals surface area contributed by atoms with Crippen molar-refractivity contribution in [2.24, 2.45) is 5.73 Å². The average Bonchev–Trinajstić information content (AvgIpc) is 3.05. The van der Waals surface area contributed by atoms with Crippen molar-refractivity contribution < 1.29 is 9.84 Å². The summed E-state index contributed by atoms with van der Waals surface area (Å²) in [6.45, 7) is 2.16. The van der Waals surface area contributed by atoms with Crippen LogP contribution in [0.5, 0.6) is 5.75 Å². The first-order chi connectivity index (χ1) is 13.0. The lowest BCUT2D eigenvalue weighted by Crippen LogP contribution is -2.07. The minimum absolute atomic E-state index is 0.0111. The Labute approximate surface area is 168 Å². The van der Waals surface area contributed by atoms with Gasteiger partial charge in [0, 0.05) is 23.2 Å². The average molecular weight is 406 g/mol. The lowest BCUT2D eigenvalue weighted by Gasteiger charge is -2.10. The molecule has 3 N–H and O–H groups in total. The van der Waals surface area contributed by atoms with Gasteiger partial charge in [-0.15, -0.1) is 0 Å². The Hall–Kier alpha value is -2.05. The molecule has 0 bridgehead atoms. The van der Waals surface area contributed by atoms with Crippen molar-refractivity contribution in [2.45, 2.75) is 19.4 Å². The molecule has 0 saturated heterocycles. The SMILES string of the molecule is CC(N)c1cc(Cc2ccc(OCCO)cc2)n(-c2ccc(Cl)cc2Cl)n1. The fourth-order valence-electron chi connectivity index (χ4n) is 2.73. The number of nitrogens with two attached hydrogens (primary N) is 1. The molecule has 142 valence electrons. The van der Waals surface area contributed by atoms with Crippen molar-refractivity contribution in [1.29, 1.82) is 0 Å². The van der Waals surface area contributed by atoms with Gasteiger partial charge in [-0.1, -0.05) is 35.3 Å². The summed E-state index contributed by atoms with van der Waals surface area (Å²) in [5.74, 6) is 0.721. The van der Waals surface area contributed by atoms with Crippen LogP contribution in [0.25, 0.3) is 5.69 Å². The third-order valence-corrected chi connectivity index (χ3v) is 4.61. The third kappa shape index (κ3) is 4.82. The number of aromatic nitrogens is 2. The molecule has 5 nitrogen and oxygen atoms in total. The van der Waals surface area contributed by atoms with Gasteiger partial charge < -0.3 is 15.6 Å². The highest BCUT2D eigenvalue weighted by Crippen LogP contribution is 2.27. The van der Waals surface area contributed by atoms with Crippen molar-refractivity contribution in [2.75, 3.05) is 13.2 Å². The quantitative estimate of drug-likeness (QED) is 0.618. The number of hydrogen-bond donors (Lipinski definition) is 2. The number of rotatable bonds is 7. The molecule has 0 amide bonds. The monoisotopic (exact) mass is 405 g/mol. The maximum atomic E-state index is 8.84. The first kappa shape index (κ1) is 19.7. The second-order valence-corrected chi connectivity index (χ2v) is 7.09. The van der Waals surface area contributed by atoms with Crippen LogP contribution in [0.2, 0.25) is 10.0 Å². The highest BCUT2D eigenvalue weighted by molar-refractivity contribution is 6.35. The van der Waals surface area contributed by atoms with Crippen LogP contribution in [0, 0.1) is 0 Å². The normalized spacial score (nSPS) is 12.2. The van der Waals surface area contributed by atoms with E-state index in [9.17, 15) is 0 Å². The molecule has 1 heterocycles. The Kier molecular flexibility index (Phi) is 6.39. The maximum absolute atomic E-state index is 8.84. The highest BCUT2D eigenvalue weighted by Gasteiger charge is 2.15. The van der Waals surface area contributed by atoms with Gasteiger partial charge in [0.2, 0.25) is 0 Å². The van der Waals surface area contributed by atoms with E-state index in [2.05, 4.69) is 5.10 Å². The molecule has 0 aliphatic carbocycles. The summed E-state index contributed by atoms with van der Waals surface area (Å²) >= 11 is 12.4. The summed E-state index contributed by atoms with van der Waals surface area (Å²) in [5, 5.41) is 14.6. The summed E-state index contributed by atoms with van der Waals surface area (Å²) in [7, 11) is 0. The molecule has 0 fully saturated rings. The fraction of sp³-hybridized carbons (Fsp3) is 0.250. The second kappa shape index (κ2) is 8.76. The number of halogens is 2. The van der Waals surface area contributed by atoms with Crippen LogP contribution in [0.1, 0.15) is 29.9 Å². The predicted molar refractivity (Wildman–Crippen MR) is 108 cm³/mol. The zero-order valence-electron chi connectivity index (χ0n) is 14.9. The molecule has 0 radical (unpaired) electrons. The lowest BCUT2D eigenvalue weighted by atomic mass is 10.1. The van der Waals surface area contributed by atoms with Crippen LogP contribution < -0.4 is 10.5 Å². The molecule has 2 aromatic carbocycles. The molecule has 0 aliphatic rings. The predicted octanol–water partition coefficient (Wildman–Crippen LogP) is 4.16. The summed E-state index contributed by atoms with van der Waals surface area (Å²) in [4.78, 5) is 0. The molecule has 0 spiro atoms. The first-order valence-electron chi connectivity index (χ1n) is 8.60. The molecule has 7 heteroatoms. The van der Waals surface area contributed by atoms with Gasteiger partial charge in [-0.2, -0.15) is 5.10 Å². The Morgan fingerprint density at radius 1 is 1.15 bits per heavy atom. The van der Waals surface area contributed by atoms with Crippen molar-refractivity contribution in [3.8, 4) is 11.4 Å². The summed E-state index contributed by atoms with van der Waals surface area (Å²) in [6.07, 6.45) is 0.652. The second-order valence-electron chi connectivity index (χ2n) is 6.25. The van der Waals surface area contributed by atoms with Crippen LogP contribution >= 0.6 is 23.2 Å². The zero-order chi connectivity index (χ0) is 19.4. The molecular formula is C20H21Cl2N3O2. The summed E-state index contributed by atoms with van der Waals surface area (Å²) in [5.41, 5.74) is 9.63. The van der Waals surface area contributed by atoms with Gasteiger partial charge in [-0.3, -0.25) is 0 Å². The lowest BCUT2D eigenvalue weighted by molar-refractivity contribution is 0.201. The molecule has 1 atom stereocenters. The summed E-state index contributed by atoms with van der Waals surface area (Å²) in [6, 6.07) is 14.9. The maximum Gasteiger partial charge on any atom is 0.119 e. The minimum Gasteiger partial charge on any atom is -0.491 e. The minimum atomic E-state index is -0.190. The number of ether oxygens (including phenoxy) is 1. The van der Waals surface area contributed by atoms with E-state index in [4.69, 9.17) is 38.8 Å². The Balaban J connectivity index is 1.92. The summed E-state index contributed by atoms with van der Waals surface area (Å²) < 4.78 is 7.21. The molecule has 0 saturated carbocycles. The highest BCUT2D eigenvalue weighted by atomic mass is 35.5. The van der Waals surface area contributed by atoms with E-state index in [0.29, 0.717) is 16.5 Å². The largest absolute Gasteiger partial charge is 0.491 e. The number of aliphatic hydroxyl groups excluding tert-OH is 1. The Morgan fingerprint density at radius 3 is 2.52 bits per heavy atom. The third-order valence-electron chi connectivity index (χ3n) is 4.08. The number of nitrogens with zero attached hydrogens (tertiary/aromatic N) is 2. The van der Waals surface area contributed by atoms with Crippen molar-refractivity contribution in [3.05, 3.63) is 75.5 Å². The molecule has 1 aromatic heterocycles. The van der Waals surface area contributed by atoms with Gasteiger partial charge in [0.05, 0.1) is 23.0 Å². The van der Waals surface area contributed by atoms with Gasteiger partial charge >= 0.3 is 0 Å². The van der Waals surface area contributed by atoms with E-state index in [1.807, 2.05) is 48.0 Å². The van der Waals surface area contributed by atoms with E-state index in [1.165, 1.54) is 0 Å². The van der Waals surface area contributed by atoms with Gasteiger partial charge in [0.15, 0.2) is 0 Å². The molecule has 3 rings (SSSR count). The first-order valence-corrected chi connectivity index (χ1v) is 9.36. The van der Waals surface area contributed by atoms with Crippen LogP contribution in [0.3, 0.4) is 0 Å². The van der Waals surface area contributed by atoms with Gasteiger partial charge in [0.25, 0.3) is 0 Å². The van der Waals surface area contributed by atoms with Gasteiger partial charge in [-0.05, 0) is 48.9 Å². The van der Waals surface area contributed by atoms with Crippen LogP contribution in [0.15, 0.2) is 48.5 Å². The van der Waals surface area contributed by atoms with E-state index in [-0.39, 0.29) is 19.3 Å². The number of aliphatic hydroxyl groups is 1. The molecule has 0 aliphatic heterocycles. The van der Waals surface area contributed by atoms with Gasteiger partial charge in [0.1, 0.15) is 12.4 Å². The van der Waals surface area contributed by atoms with E-state index < -0.39 is 0 Å². The van der Waals surface area contributed by atoms with E-state index >= 15 is 0 Å². The Bertz CT molecular complexity index is 908. The van der Waals surface area contributed by atoms with Crippen LogP contribution in [-0.4, -0.2) is 28.1 Å². The Morgan fingerprint density at radius 2 is 1.89 bits per heavy atom. The number of benzene rings is 2. The fourth-order valence-corrected chi connectivity index (χ4v) is 3.22. The van der Waals surface area contributed by atoms with Crippen molar-refractivity contribution in [1.82, 2.24) is 9.78 Å². The van der Waals surface area contributed by atoms with Gasteiger partial charge in [-0.25, -0.2) is 4.68 Å². The smallest absolute Gasteiger partial charge is 0.119 e. The van der Waals surface area contributed by atoms with Crippen molar-refractivity contribution >= 4 is 23.2 Å². The zero-order valence-corrected chi connectivity index (χ0v) is 16.4. The standard InChI is InChI=1S/C20H21Cl2N3O2/c1-13(23)19-12-16(10-14-2-5-17(6-3-14)27-9-8-26)25(24-19)20-7-4-15(21)11-18(20)22/h2-7,11-13,26H,8-10,23H2,1H3. The van der Waals surface area contributed by atoms with E-state index in [0.717, 1.165) is 28.4 Å². The topological polar surface area (TPSA) is 73.3 Å². The van der Waals surface area contributed by atoms with Crippen LogP contribution in [0.4, 0.5) is 0 Å². The molecular weight excluding hydrogens is 385 g/mol. The molecule has 27 heavy (non-hydrogen) atoms. The van der Waals surface area contributed by atoms with Crippen molar-refractivity contribution in [3.63, 3.8) is 0 Å². The van der Waals surface area contributed by atoms with Crippen LogP contribution in [-0.2, 0) is 6.42 Å². The molecule has 1 unspecified atom stereocenters. The molecule has 3 aromatic rings. The number of hydrogen-bond acceptors (Lipinski definition) is 4. The van der Waals surface area contributed by atoms with E-state index in [1.54, 1.807) is 12.1 Å².